The van der Waals surface area contributed by atoms with Crippen molar-refractivity contribution in [1.82, 2.24) is 0 Å². The van der Waals surface area contributed by atoms with Crippen LogP contribution in [-0.2, 0) is 10.2 Å². The summed E-state index contributed by atoms with van der Waals surface area (Å²) in [5.74, 6) is -0.605. The van der Waals surface area contributed by atoms with Gasteiger partial charge in [0.15, 0.2) is 11.5 Å². The molecule has 0 aromatic heterocycles. The smallest absolute Gasteiger partial charge is 0.491 e. The first-order chi connectivity index (χ1) is 14.3. The summed E-state index contributed by atoms with van der Waals surface area (Å²) in [6.45, 7) is 1.62. The molecule has 0 spiro atoms. The number of carbonyl (C=O) groups is 1. The van der Waals surface area contributed by atoms with Gasteiger partial charge >= 0.3 is 6.29 Å². The van der Waals surface area contributed by atoms with E-state index in [4.69, 9.17) is 19.9 Å². The molecule has 0 saturated heterocycles. The molecule has 1 unspecified atom stereocenters. The third kappa shape index (κ3) is 2.69. The molecule has 7 heteroatoms. The zero-order valence-corrected chi connectivity index (χ0v) is 15.9. The fraction of sp³-hybridized carbons (Fsp3) is 0.174. The van der Waals surface area contributed by atoms with E-state index in [9.17, 15) is 13.6 Å². The number of benzene rings is 3. The lowest BCUT2D eigenvalue weighted by Crippen LogP contribution is -2.39. The Morgan fingerprint density at radius 1 is 0.933 bits per heavy atom. The Labute approximate surface area is 171 Å². The number of hydrogen-bond acceptors (Lipinski definition) is 4. The van der Waals surface area contributed by atoms with Crippen LogP contribution in [0.15, 0.2) is 60.7 Å². The molecule has 3 aromatic rings. The summed E-state index contributed by atoms with van der Waals surface area (Å²) in [5, 5.41) is 0. The lowest BCUT2D eigenvalue weighted by molar-refractivity contribution is -0.286. The van der Waals surface area contributed by atoms with Crippen molar-refractivity contribution in [2.75, 3.05) is 6.61 Å². The van der Waals surface area contributed by atoms with Crippen molar-refractivity contribution >= 4 is 5.91 Å². The highest BCUT2D eigenvalue weighted by Gasteiger charge is 2.50. The minimum atomic E-state index is -3.81. The molecule has 0 saturated carbocycles. The van der Waals surface area contributed by atoms with E-state index in [2.05, 4.69) is 0 Å². The molecule has 152 valence electrons. The highest BCUT2D eigenvalue weighted by Crippen LogP contribution is 2.57. The summed E-state index contributed by atoms with van der Waals surface area (Å²) in [6.07, 6.45) is -3.81. The van der Waals surface area contributed by atoms with Crippen LogP contribution in [0.25, 0.3) is 22.3 Å². The number of primary amides is 1. The number of nitrogens with two attached hydrogens (primary N) is 1. The Balaban J connectivity index is 1.75. The fourth-order valence-electron chi connectivity index (χ4n) is 3.87. The molecular weight excluding hydrogens is 392 g/mol. The van der Waals surface area contributed by atoms with Crippen LogP contribution in [0.3, 0.4) is 0 Å². The first kappa shape index (κ1) is 18.4. The highest BCUT2D eigenvalue weighted by atomic mass is 19.3. The standard InChI is InChI=1S/C23H17F2NO4/c1-22(21(26)27)12-28-19-16(22)11-17-20(30-23(24,25)29-17)18(19)15-9-5-8-14(10-15)13-6-3-2-4-7-13/h2-11H,12H2,1H3,(H2,26,27). The molecule has 30 heavy (non-hydrogen) atoms. The summed E-state index contributed by atoms with van der Waals surface area (Å²) >= 11 is 0. The predicted octanol–water partition coefficient (Wildman–Crippen LogP) is 4.48. The van der Waals surface area contributed by atoms with E-state index in [1.807, 2.05) is 48.5 Å². The van der Waals surface area contributed by atoms with E-state index in [-0.39, 0.29) is 18.1 Å². The SMILES string of the molecule is CC1(C(N)=O)COc2c1cc1c(c2-c2cccc(-c3ccccc3)c2)OC(F)(F)O1. The van der Waals surface area contributed by atoms with Crippen LogP contribution in [0.4, 0.5) is 8.78 Å². The Morgan fingerprint density at radius 3 is 2.37 bits per heavy atom. The highest BCUT2D eigenvalue weighted by molar-refractivity contribution is 5.93. The van der Waals surface area contributed by atoms with Crippen LogP contribution in [-0.4, -0.2) is 18.8 Å². The molecule has 2 aliphatic rings. The van der Waals surface area contributed by atoms with Crippen molar-refractivity contribution < 1.29 is 27.8 Å². The minimum Gasteiger partial charge on any atom is -0.491 e. The van der Waals surface area contributed by atoms with E-state index < -0.39 is 17.6 Å². The molecule has 1 atom stereocenters. The summed E-state index contributed by atoms with van der Waals surface area (Å²) in [7, 11) is 0. The maximum absolute atomic E-state index is 13.9. The third-order valence-electron chi connectivity index (χ3n) is 5.55. The Bertz CT molecular complexity index is 1180. The Hall–Kier alpha value is -3.61. The maximum atomic E-state index is 13.9. The number of amides is 1. The Morgan fingerprint density at radius 2 is 1.63 bits per heavy atom. The van der Waals surface area contributed by atoms with E-state index in [1.54, 1.807) is 13.0 Å². The number of alkyl halides is 2. The summed E-state index contributed by atoms with van der Waals surface area (Å²) in [4.78, 5) is 12.1. The van der Waals surface area contributed by atoms with E-state index >= 15 is 0 Å². The lowest BCUT2D eigenvalue weighted by atomic mass is 9.82. The van der Waals surface area contributed by atoms with Crippen LogP contribution in [0.5, 0.6) is 17.2 Å². The second kappa shape index (κ2) is 6.19. The van der Waals surface area contributed by atoms with Gasteiger partial charge in [0.2, 0.25) is 5.91 Å². The van der Waals surface area contributed by atoms with Gasteiger partial charge in [0, 0.05) is 5.56 Å². The monoisotopic (exact) mass is 409 g/mol. The molecule has 2 N–H and O–H groups in total. The summed E-state index contributed by atoms with van der Waals surface area (Å²) in [6, 6.07) is 18.4. The van der Waals surface area contributed by atoms with Gasteiger partial charge in [0.1, 0.15) is 17.8 Å². The zero-order valence-electron chi connectivity index (χ0n) is 15.9. The van der Waals surface area contributed by atoms with Gasteiger partial charge in [-0.25, -0.2) is 0 Å². The van der Waals surface area contributed by atoms with Crippen molar-refractivity contribution in [2.24, 2.45) is 5.73 Å². The van der Waals surface area contributed by atoms with Gasteiger partial charge in [0.05, 0.1) is 5.56 Å². The molecule has 3 aromatic carbocycles. The molecule has 5 nitrogen and oxygen atoms in total. The summed E-state index contributed by atoms with van der Waals surface area (Å²) < 4.78 is 43.2. The molecule has 0 bridgehead atoms. The van der Waals surface area contributed by atoms with Gasteiger partial charge < -0.3 is 19.9 Å². The molecule has 0 radical (unpaired) electrons. The van der Waals surface area contributed by atoms with Crippen molar-refractivity contribution in [1.29, 1.82) is 0 Å². The number of carbonyl (C=O) groups excluding carboxylic acids is 1. The van der Waals surface area contributed by atoms with Crippen LogP contribution in [0.1, 0.15) is 12.5 Å². The van der Waals surface area contributed by atoms with Crippen molar-refractivity contribution in [2.45, 2.75) is 18.6 Å². The van der Waals surface area contributed by atoms with E-state index in [0.717, 1.165) is 11.1 Å². The van der Waals surface area contributed by atoms with Crippen LogP contribution >= 0.6 is 0 Å². The number of rotatable bonds is 3. The minimum absolute atomic E-state index is 0.00231. The summed E-state index contributed by atoms with van der Waals surface area (Å²) in [5.41, 5.74) is 7.58. The maximum Gasteiger partial charge on any atom is 0.586 e. The van der Waals surface area contributed by atoms with Gasteiger partial charge in [-0.15, -0.1) is 8.78 Å². The number of hydrogen-bond donors (Lipinski definition) is 1. The van der Waals surface area contributed by atoms with Crippen LogP contribution in [0.2, 0.25) is 0 Å². The van der Waals surface area contributed by atoms with Crippen LogP contribution < -0.4 is 19.9 Å². The van der Waals surface area contributed by atoms with Crippen molar-refractivity contribution in [3.05, 3.63) is 66.2 Å². The molecular formula is C23H17F2NO4. The first-order valence-corrected chi connectivity index (χ1v) is 9.34. The largest absolute Gasteiger partial charge is 0.586 e. The van der Waals surface area contributed by atoms with Crippen LogP contribution in [0, 0.1) is 0 Å². The first-order valence-electron chi connectivity index (χ1n) is 9.34. The quantitative estimate of drug-likeness (QED) is 0.693. The molecule has 1 amide bonds. The molecule has 2 aliphatic heterocycles. The molecule has 0 aliphatic carbocycles. The predicted molar refractivity (Wildman–Crippen MR) is 106 cm³/mol. The van der Waals surface area contributed by atoms with Gasteiger partial charge in [-0.1, -0.05) is 48.5 Å². The van der Waals surface area contributed by atoms with Gasteiger partial charge in [-0.05, 0) is 35.7 Å². The Kier molecular flexibility index (Phi) is 3.80. The van der Waals surface area contributed by atoms with Crippen molar-refractivity contribution in [3.8, 4) is 39.5 Å². The van der Waals surface area contributed by atoms with Gasteiger partial charge in [-0.3, -0.25) is 4.79 Å². The molecule has 2 heterocycles. The van der Waals surface area contributed by atoms with E-state index in [1.165, 1.54) is 6.07 Å². The third-order valence-corrected chi connectivity index (χ3v) is 5.55. The zero-order chi connectivity index (χ0) is 21.1. The number of ether oxygens (including phenoxy) is 3. The number of halogens is 2. The lowest BCUT2D eigenvalue weighted by Gasteiger charge is -2.18. The topological polar surface area (TPSA) is 70.8 Å². The molecule has 5 rings (SSSR count). The number of fused-ring (bicyclic) bond motifs is 2. The average Bonchev–Trinajstić information content (AvgIpc) is 3.23. The second-order valence-corrected chi connectivity index (χ2v) is 7.55. The second-order valence-electron chi connectivity index (χ2n) is 7.55. The fourth-order valence-corrected chi connectivity index (χ4v) is 3.87. The van der Waals surface area contributed by atoms with E-state index in [0.29, 0.717) is 22.4 Å². The normalized spacial score (nSPS) is 20.5. The van der Waals surface area contributed by atoms with Crippen molar-refractivity contribution in [3.63, 3.8) is 0 Å². The molecule has 0 fully saturated rings. The van der Waals surface area contributed by atoms with Gasteiger partial charge in [0.25, 0.3) is 0 Å². The average molecular weight is 409 g/mol. The van der Waals surface area contributed by atoms with Gasteiger partial charge in [-0.2, -0.15) is 0 Å².